The van der Waals surface area contributed by atoms with Gasteiger partial charge in [0.1, 0.15) is 0 Å². The van der Waals surface area contributed by atoms with E-state index >= 15 is 0 Å². The smallest absolute Gasteiger partial charge is 0.0725 e. The normalized spacial score (nSPS) is 15.4. The van der Waals surface area contributed by atoms with E-state index in [2.05, 4.69) is 59.0 Å². The average Bonchev–Trinajstić information content (AvgIpc) is 2.85. The van der Waals surface area contributed by atoms with Crippen LogP contribution in [-0.4, -0.2) is 0 Å². The molecule has 0 saturated heterocycles. The molecule has 1 aliphatic rings. The van der Waals surface area contributed by atoms with Gasteiger partial charge in [-0.3, -0.25) is 0 Å². The summed E-state index contributed by atoms with van der Waals surface area (Å²) in [5.74, 6) is 0. The second-order valence-corrected chi connectivity index (χ2v) is 5.80. The summed E-state index contributed by atoms with van der Waals surface area (Å²) in [5, 5.41) is 0. The standard InChI is InChI=1S/C15H14INO/c16-14-3-1-2-10(7-14)15(17)11-4-5-12-8-18-9-13(12)6-11/h1-7,15H,8-9,17H2. The molecule has 2 N–H and O–H groups in total. The quantitative estimate of drug-likeness (QED) is 0.842. The number of rotatable bonds is 2. The van der Waals surface area contributed by atoms with Crippen molar-refractivity contribution in [3.8, 4) is 0 Å². The van der Waals surface area contributed by atoms with Crippen molar-refractivity contribution in [2.24, 2.45) is 5.73 Å². The minimum absolute atomic E-state index is 0.0642. The van der Waals surface area contributed by atoms with Gasteiger partial charge >= 0.3 is 0 Å². The van der Waals surface area contributed by atoms with E-state index < -0.39 is 0 Å². The molecule has 0 bridgehead atoms. The molecule has 0 radical (unpaired) electrons. The van der Waals surface area contributed by atoms with Crippen molar-refractivity contribution >= 4 is 22.6 Å². The molecular weight excluding hydrogens is 337 g/mol. The van der Waals surface area contributed by atoms with Gasteiger partial charge in [-0.2, -0.15) is 0 Å². The molecule has 2 aromatic carbocycles. The molecule has 18 heavy (non-hydrogen) atoms. The molecule has 0 fully saturated rings. The average molecular weight is 351 g/mol. The summed E-state index contributed by atoms with van der Waals surface area (Å²) >= 11 is 2.31. The Balaban J connectivity index is 1.95. The summed E-state index contributed by atoms with van der Waals surface area (Å²) in [5.41, 5.74) is 11.2. The van der Waals surface area contributed by atoms with Crippen LogP contribution in [0, 0.1) is 3.57 Å². The van der Waals surface area contributed by atoms with Gasteiger partial charge in [-0.25, -0.2) is 0 Å². The molecule has 2 nitrogen and oxygen atoms in total. The van der Waals surface area contributed by atoms with Gasteiger partial charge in [-0.15, -0.1) is 0 Å². The predicted octanol–water partition coefficient (Wildman–Crippen LogP) is 3.37. The number of ether oxygens (including phenoxy) is 1. The number of benzene rings is 2. The van der Waals surface area contributed by atoms with Crippen molar-refractivity contribution in [1.82, 2.24) is 0 Å². The third kappa shape index (κ3) is 2.30. The highest BCUT2D eigenvalue weighted by atomic mass is 127. The second-order valence-electron chi connectivity index (χ2n) is 4.55. The third-order valence-corrected chi connectivity index (χ3v) is 3.98. The Kier molecular flexibility index (Phi) is 3.37. The minimum atomic E-state index is -0.0642. The van der Waals surface area contributed by atoms with Crippen LogP contribution in [-0.2, 0) is 18.0 Å². The molecule has 3 heteroatoms. The fourth-order valence-corrected chi connectivity index (χ4v) is 2.85. The number of nitrogens with two attached hydrogens (primary N) is 1. The Labute approximate surface area is 120 Å². The number of fused-ring (bicyclic) bond motifs is 1. The van der Waals surface area contributed by atoms with Gasteiger partial charge in [-0.1, -0.05) is 30.3 Å². The molecule has 1 aliphatic heterocycles. The summed E-state index contributed by atoms with van der Waals surface area (Å²) in [6.45, 7) is 1.44. The molecule has 1 unspecified atom stereocenters. The predicted molar refractivity (Wildman–Crippen MR) is 80.1 cm³/mol. The summed E-state index contributed by atoms with van der Waals surface area (Å²) in [6.07, 6.45) is 0. The molecule has 1 heterocycles. The van der Waals surface area contributed by atoms with E-state index in [0.29, 0.717) is 6.61 Å². The first-order chi connectivity index (χ1) is 8.74. The van der Waals surface area contributed by atoms with Crippen molar-refractivity contribution in [1.29, 1.82) is 0 Å². The molecule has 0 aromatic heterocycles. The van der Waals surface area contributed by atoms with E-state index in [1.165, 1.54) is 14.7 Å². The van der Waals surface area contributed by atoms with E-state index in [0.717, 1.165) is 17.7 Å². The van der Waals surface area contributed by atoms with Gasteiger partial charge in [-0.05, 0) is 57.0 Å². The molecule has 1 atom stereocenters. The number of halogens is 1. The molecule has 0 saturated carbocycles. The zero-order valence-corrected chi connectivity index (χ0v) is 12.1. The third-order valence-electron chi connectivity index (χ3n) is 3.31. The Morgan fingerprint density at radius 1 is 1.00 bits per heavy atom. The first-order valence-electron chi connectivity index (χ1n) is 5.94. The van der Waals surface area contributed by atoms with E-state index in [1.807, 2.05) is 6.07 Å². The van der Waals surface area contributed by atoms with Crippen molar-refractivity contribution < 1.29 is 4.74 Å². The fraction of sp³-hybridized carbons (Fsp3) is 0.200. The Bertz CT molecular complexity index is 582. The van der Waals surface area contributed by atoms with E-state index in [-0.39, 0.29) is 6.04 Å². The van der Waals surface area contributed by atoms with Gasteiger partial charge in [0.05, 0.1) is 19.3 Å². The monoisotopic (exact) mass is 351 g/mol. The van der Waals surface area contributed by atoms with Crippen LogP contribution >= 0.6 is 22.6 Å². The van der Waals surface area contributed by atoms with Crippen molar-refractivity contribution in [3.05, 3.63) is 68.3 Å². The lowest BCUT2D eigenvalue weighted by atomic mass is 9.96. The second kappa shape index (κ2) is 4.99. The molecular formula is C15H14INO. The van der Waals surface area contributed by atoms with Gasteiger partial charge in [0.15, 0.2) is 0 Å². The molecule has 0 amide bonds. The summed E-state index contributed by atoms with van der Waals surface area (Å²) in [6, 6.07) is 14.7. The van der Waals surface area contributed by atoms with E-state index in [4.69, 9.17) is 10.5 Å². The topological polar surface area (TPSA) is 35.2 Å². The lowest BCUT2D eigenvalue weighted by Gasteiger charge is -2.14. The minimum Gasteiger partial charge on any atom is -0.372 e. The summed E-state index contributed by atoms with van der Waals surface area (Å²) in [7, 11) is 0. The van der Waals surface area contributed by atoms with Crippen molar-refractivity contribution in [3.63, 3.8) is 0 Å². The maximum atomic E-state index is 6.34. The summed E-state index contributed by atoms with van der Waals surface area (Å²) in [4.78, 5) is 0. The van der Waals surface area contributed by atoms with Crippen molar-refractivity contribution in [2.45, 2.75) is 19.3 Å². The van der Waals surface area contributed by atoms with E-state index in [9.17, 15) is 0 Å². The Morgan fingerprint density at radius 2 is 1.78 bits per heavy atom. The maximum absolute atomic E-state index is 6.34. The van der Waals surface area contributed by atoms with Crippen LogP contribution in [0.3, 0.4) is 0 Å². The highest BCUT2D eigenvalue weighted by Gasteiger charge is 2.15. The van der Waals surface area contributed by atoms with Gasteiger partial charge in [0.2, 0.25) is 0 Å². The summed E-state index contributed by atoms with van der Waals surface area (Å²) < 4.78 is 6.65. The molecule has 92 valence electrons. The molecule has 0 spiro atoms. The van der Waals surface area contributed by atoms with Gasteiger partial charge < -0.3 is 10.5 Å². The van der Waals surface area contributed by atoms with Gasteiger partial charge in [0.25, 0.3) is 0 Å². The number of hydrogen-bond donors (Lipinski definition) is 1. The molecule has 0 aliphatic carbocycles. The largest absolute Gasteiger partial charge is 0.372 e. The highest BCUT2D eigenvalue weighted by molar-refractivity contribution is 14.1. The fourth-order valence-electron chi connectivity index (χ4n) is 2.28. The Morgan fingerprint density at radius 3 is 2.61 bits per heavy atom. The zero-order chi connectivity index (χ0) is 12.5. The SMILES string of the molecule is NC(c1cccc(I)c1)c1ccc2c(c1)COC2. The highest BCUT2D eigenvalue weighted by Crippen LogP contribution is 2.26. The van der Waals surface area contributed by atoms with Crippen LogP contribution in [0.25, 0.3) is 0 Å². The van der Waals surface area contributed by atoms with Crippen LogP contribution in [0.2, 0.25) is 0 Å². The lowest BCUT2D eigenvalue weighted by Crippen LogP contribution is -2.12. The van der Waals surface area contributed by atoms with Crippen molar-refractivity contribution in [2.75, 3.05) is 0 Å². The Hall–Kier alpha value is -0.910. The maximum Gasteiger partial charge on any atom is 0.0725 e. The van der Waals surface area contributed by atoms with Crippen LogP contribution in [0.4, 0.5) is 0 Å². The zero-order valence-electron chi connectivity index (χ0n) is 9.90. The van der Waals surface area contributed by atoms with Crippen LogP contribution < -0.4 is 5.73 Å². The van der Waals surface area contributed by atoms with Gasteiger partial charge in [0, 0.05) is 3.57 Å². The molecule has 3 rings (SSSR count). The lowest BCUT2D eigenvalue weighted by molar-refractivity contribution is 0.134. The van der Waals surface area contributed by atoms with E-state index in [1.54, 1.807) is 0 Å². The molecule has 2 aromatic rings. The van der Waals surface area contributed by atoms with Crippen LogP contribution in [0.5, 0.6) is 0 Å². The first kappa shape index (κ1) is 12.1. The number of hydrogen-bond acceptors (Lipinski definition) is 2. The first-order valence-corrected chi connectivity index (χ1v) is 7.02. The van der Waals surface area contributed by atoms with Crippen LogP contribution in [0.15, 0.2) is 42.5 Å². The van der Waals surface area contributed by atoms with Crippen LogP contribution in [0.1, 0.15) is 28.3 Å².